The zero-order valence-electron chi connectivity index (χ0n) is 22.0. The number of aromatic nitrogens is 4. The molecule has 13 heteroatoms. The summed E-state index contributed by atoms with van der Waals surface area (Å²) in [7, 11) is -3.74. The molecular formula is C27H29F2N7O3S. The van der Waals surface area contributed by atoms with Crippen LogP contribution in [0.5, 0.6) is 11.6 Å². The molecule has 0 unspecified atom stereocenters. The number of aryl methyl sites for hydroxylation is 1. The molecule has 0 saturated carbocycles. The predicted molar refractivity (Wildman–Crippen MR) is 149 cm³/mol. The van der Waals surface area contributed by atoms with Crippen LogP contribution in [0.2, 0.25) is 0 Å². The number of halogens is 2. The molecule has 1 aliphatic rings. The van der Waals surface area contributed by atoms with E-state index in [1.807, 2.05) is 6.92 Å². The Balaban J connectivity index is 1.50. The summed E-state index contributed by atoms with van der Waals surface area (Å²) in [4.78, 5) is 8.86. The van der Waals surface area contributed by atoms with E-state index >= 15 is 0 Å². The Labute approximate surface area is 230 Å². The van der Waals surface area contributed by atoms with Gasteiger partial charge < -0.3 is 15.4 Å². The number of benzene rings is 2. The maximum atomic E-state index is 14.8. The van der Waals surface area contributed by atoms with Crippen LogP contribution in [0, 0.1) is 12.7 Å². The highest BCUT2D eigenvalue weighted by Crippen LogP contribution is 2.39. The van der Waals surface area contributed by atoms with Crippen molar-refractivity contribution >= 4 is 32.4 Å². The molecule has 0 amide bonds. The van der Waals surface area contributed by atoms with E-state index < -0.39 is 22.0 Å². The largest absolute Gasteiger partial charge is 0.436 e. The van der Waals surface area contributed by atoms with Gasteiger partial charge in [0, 0.05) is 42.5 Å². The number of rotatable bonds is 9. The number of nitrogens with zero attached hydrogens (tertiary/aromatic N) is 4. The van der Waals surface area contributed by atoms with Crippen molar-refractivity contribution in [1.82, 2.24) is 25.5 Å². The lowest BCUT2D eigenvalue weighted by Gasteiger charge is -2.26. The second-order valence-electron chi connectivity index (χ2n) is 9.60. The number of fused-ring (bicyclic) bond motifs is 1. The standard InChI is InChI=1S/C27H29F2N7O3S/c1-3-12-40(37,38)36-24-19-5-4-16(2)25(20(19)6-7-22(24)29)39-26-21(8-11-32-35-26)23-9-10-31-27(34-23)33-18-13-17(28)14-30-15-18/h4-11,17-18,30,36H,3,12-15H2,1-2H3,(H,31,33,34)/t17-,18-/m0/s1. The van der Waals surface area contributed by atoms with E-state index in [0.29, 0.717) is 65.2 Å². The van der Waals surface area contributed by atoms with Crippen LogP contribution in [-0.4, -0.2) is 59.6 Å². The molecular weight excluding hydrogens is 540 g/mol. The number of nitrogens with one attached hydrogen (secondary N) is 3. The van der Waals surface area contributed by atoms with Gasteiger partial charge in [-0.25, -0.2) is 27.2 Å². The van der Waals surface area contributed by atoms with Crippen molar-refractivity contribution < 1.29 is 21.9 Å². The summed E-state index contributed by atoms with van der Waals surface area (Å²) >= 11 is 0. The monoisotopic (exact) mass is 569 g/mol. The van der Waals surface area contributed by atoms with Crippen LogP contribution in [0.1, 0.15) is 25.3 Å². The summed E-state index contributed by atoms with van der Waals surface area (Å²) in [5, 5.41) is 15.2. The number of sulfonamides is 1. The Morgan fingerprint density at radius 3 is 2.73 bits per heavy atom. The van der Waals surface area contributed by atoms with Gasteiger partial charge in [0.25, 0.3) is 0 Å². The lowest BCUT2D eigenvalue weighted by molar-refractivity contribution is 0.254. The molecule has 3 heterocycles. The van der Waals surface area contributed by atoms with E-state index in [4.69, 9.17) is 4.74 Å². The van der Waals surface area contributed by atoms with E-state index in [9.17, 15) is 17.2 Å². The van der Waals surface area contributed by atoms with E-state index in [0.717, 1.165) is 0 Å². The minimum Gasteiger partial charge on any atom is -0.436 e. The van der Waals surface area contributed by atoms with Crippen LogP contribution in [0.3, 0.4) is 0 Å². The second kappa shape index (κ2) is 11.6. The first-order valence-corrected chi connectivity index (χ1v) is 14.6. The van der Waals surface area contributed by atoms with Crippen molar-refractivity contribution in [2.75, 3.05) is 28.9 Å². The van der Waals surface area contributed by atoms with Gasteiger partial charge in [0.15, 0.2) is 0 Å². The maximum absolute atomic E-state index is 14.8. The molecule has 1 fully saturated rings. The maximum Gasteiger partial charge on any atom is 0.248 e. The van der Waals surface area contributed by atoms with Gasteiger partial charge in [0.2, 0.25) is 21.9 Å². The molecule has 0 radical (unpaired) electrons. The van der Waals surface area contributed by atoms with E-state index in [2.05, 4.69) is 35.5 Å². The zero-order chi connectivity index (χ0) is 28.3. The smallest absolute Gasteiger partial charge is 0.248 e. The molecule has 0 aliphatic carbocycles. The predicted octanol–water partition coefficient (Wildman–Crippen LogP) is 4.59. The van der Waals surface area contributed by atoms with E-state index in [-0.39, 0.29) is 23.4 Å². The van der Waals surface area contributed by atoms with Gasteiger partial charge in [0.05, 0.1) is 28.9 Å². The van der Waals surface area contributed by atoms with E-state index in [1.54, 1.807) is 37.4 Å². The van der Waals surface area contributed by atoms with Crippen LogP contribution >= 0.6 is 0 Å². The second-order valence-corrected chi connectivity index (χ2v) is 11.4. The summed E-state index contributed by atoms with van der Waals surface area (Å²) in [6.07, 6.45) is 2.88. The fraction of sp³-hybridized carbons (Fsp3) is 0.333. The third-order valence-corrected chi connectivity index (χ3v) is 7.94. The zero-order valence-corrected chi connectivity index (χ0v) is 22.8. The number of anilines is 2. The van der Waals surface area contributed by atoms with Crippen molar-refractivity contribution in [3.63, 3.8) is 0 Å². The molecule has 0 spiro atoms. The van der Waals surface area contributed by atoms with Crippen molar-refractivity contribution in [2.45, 2.75) is 38.9 Å². The third kappa shape index (κ3) is 6.10. The Hall–Kier alpha value is -3.97. The van der Waals surface area contributed by atoms with Gasteiger partial charge in [-0.2, -0.15) is 5.10 Å². The number of ether oxygens (including phenoxy) is 1. The minimum absolute atomic E-state index is 0.137. The highest BCUT2D eigenvalue weighted by molar-refractivity contribution is 7.92. The molecule has 2 aromatic heterocycles. The van der Waals surface area contributed by atoms with Crippen molar-refractivity contribution in [1.29, 1.82) is 0 Å². The molecule has 2 aromatic carbocycles. The molecule has 210 valence electrons. The topological polar surface area (TPSA) is 131 Å². The van der Waals surface area contributed by atoms with Gasteiger partial charge in [0.1, 0.15) is 17.7 Å². The van der Waals surface area contributed by atoms with Gasteiger partial charge >= 0.3 is 0 Å². The average Bonchev–Trinajstić information content (AvgIpc) is 2.92. The normalized spacial score (nSPS) is 17.5. The quantitative estimate of drug-likeness (QED) is 0.265. The first-order chi connectivity index (χ1) is 19.2. The Bertz CT molecular complexity index is 1640. The van der Waals surface area contributed by atoms with Gasteiger partial charge in [-0.3, -0.25) is 4.72 Å². The Morgan fingerprint density at radius 1 is 1.10 bits per heavy atom. The number of hydrogen-bond donors (Lipinski definition) is 3. The highest BCUT2D eigenvalue weighted by Gasteiger charge is 2.23. The average molecular weight is 570 g/mol. The molecule has 5 rings (SSSR count). The molecule has 10 nitrogen and oxygen atoms in total. The van der Waals surface area contributed by atoms with Crippen LogP contribution in [0.4, 0.5) is 20.4 Å². The minimum atomic E-state index is -3.74. The van der Waals surface area contributed by atoms with Crippen molar-refractivity contribution in [3.8, 4) is 22.9 Å². The van der Waals surface area contributed by atoms with E-state index in [1.165, 1.54) is 18.3 Å². The fourth-order valence-electron chi connectivity index (χ4n) is 4.62. The van der Waals surface area contributed by atoms with Gasteiger partial charge in [-0.05, 0) is 43.2 Å². The summed E-state index contributed by atoms with van der Waals surface area (Å²) in [5.41, 5.74) is 1.59. The summed E-state index contributed by atoms with van der Waals surface area (Å²) in [6, 6.07) is 9.31. The molecule has 0 bridgehead atoms. The summed E-state index contributed by atoms with van der Waals surface area (Å²) in [5.74, 6) is 0.00760. The summed E-state index contributed by atoms with van der Waals surface area (Å²) < 4.78 is 62.2. The number of piperidine rings is 1. The van der Waals surface area contributed by atoms with Crippen LogP contribution < -0.4 is 20.1 Å². The van der Waals surface area contributed by atoms with Gasteiger partial charge in [-0.15, -0.1) is 5.10 Å². The van der Waals surface area contributed by atoms with Crippen LogP contribution in [0.25, 0.3) is 22.0 Å². The van der Waals surface area contributed by atoms with Gasteiger partial charge in [-0.1, -0.05) is 19.1 Å². The molecule has 1 aliphatic heterocycles. The molecule has 2 atom stereocenters. The van der Waals surface area contributed by atoms with Crippen molar-refractivity contribution in [3.05, 3.63) is 60.2 Å². The Morgan fingerprint density at radius 2 is 1.93 bits per heavy atom. The van der Waals surface area contributed by atoms with Crippen molar-refractivity contribution in [2.24, 2.45) is 0 Å². The fourth-order valence-corrected chi connectivity index (χ4v) is 5.78. The number of hydrogen-bond acceptors (Lipinski definition) is 9. The highest BCUT2D eigenvalue weighted by atomic mass is 32.2. The first kappa shape index (κ1) is 27.6. The molecule has 1 saturated heterocycles. The van der Waals surface area contributed by atoms with Crippen LogP contribution in [0.15, 0.2) is 48.8 Å². The number of alkyl halides is 1. The molecule has 40 heavy (non-hydrogen) atoms. The first-order valence-electron chi connectivity index (χ1n) is 12.9. The lowest BCUT2D eigenvalue weighted by atomic mass is 10.0. The lowest BCUT2D eigenvalue weighted by Crippen LogP contribution is -2.44. The molecule has 4 aromatic rings. The Kier molecular flexibility index (Phi) is 8.03. The SMILES string of the molecule is CCCS(=O)(=O)Nc1c(F)ccc2c(Oc3nnccc3-c3ccnc(N[C@@H]4CNC[C@@H](F)C4)n3)c(C)ccc12. The third-order valence-electron chi connectivity index (χ3n) is 6.48. The van der Waals surface area contributed by atoms with Crippen LogP contribution in [-0.2, 0) is 10.0 Å². The molecule has 3 N–H and O–H groups in total. The summed E-state index contributed by atoms with van der Waals surface area (Å²) in [6.45, 7) is 4.47.